The van der Waals surface area contributed by atoms with E-state index in [9.17, 15) is 0 Å². The van der Waals surface area contributed by atoms with Gasteiger partial charge in [0.15, 0.2) is 4.47 Å². The number of hydrogen-bond acceptors (Lipinski definition) is 4. The lowest BCUT2D eigenvalue weighted by atomic mass is 10.1. The van der Waals surface area contributed by atoms with E-state index in [1.807, 2.05) is 18.5 Å². The summed E-state index contributed by atoms with van der Waals surface area (Å²) < 4.78 is 2.74. The Morgan fingerprint density at radius 1 is 1.04 bits per heavy atom. The van der Waals surface area contributed by atoms with Crippen LogP contribution in [0.15, 0.2) is 55.0 Å². The van der Waals surface area contributed by atoms with Crippen LogP contribution in [0.3, 0.4) is 0 Å². The number of hydrogen-bond donors (Lipinski definition) is 1. The molecule has 0 atom stereocenters. The molecule has 0 saturated heterocycles. The van der Waals surface area contributed by atoms with Crippen LogP contribution >= 0.6 is 34.5 Å². The summed E-state index contributed by atoms with van der Waals surface area (Å²) in [7, 11) is 0. The van der Waals surface area contributed by atoms with E-state index in [0.29, 0.717) is 11.0 Å². The molecule has 7 heteroatoms. The summed E-state index contributed by atoms with van der Waals surface area (Å²) in [6, 6.07) is 14.2. The van der Waals surface area contributed by atoms with Gasteiger partial charge in [-0.25, -0.2) is 9.97 Å². The van der Waals surface area contributed by atoms with Crippen molar-refractivity contribution >= 4 is 51.3 Å². The summed E-state index contributed by atoms with van der Waals surface area (Å²) in [6.45, 7) is 1.58. The summed E-state index contributed by atoms with van der Waals surface area (Å²) in [5.74, 6) is 0. The Hall–Kier alpha value is -2.08. The van der Waals surface area contributed by atoms with Crippen LogP contribution in [0.2, 0.25) is 9.49 Å². The molecule has 2 aromatic carbocycles. The largest absolute Gasteiger partial charge is 0.380 e. The molecule has 4 aromatic rings. The number of anilines is 1. The highest BCUT2D eigenvalue weighted by molar-refractivity contribution is 7.15. The van der Waals surface area contributed by atoms with Crippen molar-refractivity contribution in [1.29, 1.82) is 0 Å². The standard InChI is InChI=1S/C19H16Cl2N4S/c20-14-3-1-13(2-4-14)7-8-25-12-24-17-9-15(5-6-18(17)25)22-10-16-11-23-19(21)26-16/h1-6,9,11-12,22H,7-8,10H2. The zero-order chi connectivity index (χ0) is 17.9. The average Bonchev–Trinajstić information content (AvgIpc) is 3.25. The van der Waals surface area contributed by atoms with E-state index in [4.69, 9.17) is 23.2 Å². The molecular weight excluding hydrogens is 387 g/mol. The van der Waals surface area contributed by atoms with Crippen molar-refractivity contribution < 1.29 is 0 Å². The van der Waals surface area contributed by atoms with Crippen molar-refractivity contribution in [2.24, 2.45) is 0 Å². The number of imidazole rings is 1. The fourth-order valence-electron chi connectivity index (χ4n) is 2.81. The fraction of sp³-hybridized carbons (Fsp3) is 0.158. The highest BCUT2D eigenvalue weighted by Gasteiger charge is 2.05. The maximum Gasteiger partial charge on any atom is 0.183 e. The van der Waals surface area contributed by atoms with Gasteiger partial charge in [-0.2, -0.15) is 0 Å². The molecule has 0 radical (unpaired) electrons. The number of aryl methyl sites for hydroxylation is 2. The van der Waals surface area contributed by atoms with Crippen LogP contribution in [0.4, 0.5) is 5.69 Å². The molecule has 26 heavy (non-hydrogen) atoms. The smallest absolute Gasteiger partial charge is 0.183 e. The Kier molecular flexibility index (Phi) is 5.11. The van der Waals surface area contributed by atoms with Crippen LogP contribution < -0.4 is 5.32 Å². The molecule has 0 aliphatic rings. The van der Waals surface area contributed by atoms with Gasteiger partial charge >= 0.3 is 0 Å². The number of thiazole rings is 1. The monoisotopic (exact) mass is 402 g/mol. The van der Waals surface area contributed by atoms with Gasteiger partial charge in [-0.05, 0) is 42.3 Å². The molecule has 1 N–H and O–H groups in total. The maximum absolute atomic E-state index is 5.94. The van der Waals surface area contributed by atoms with E-state index < -0.39 is 0 Å². The third-order valence-electron chi connectivity index (χ3n) is 4.17. The van der Waals surface area contributed by atoms with Gasteiger partial charge < -0.3 is 9.88 Å². The van der Waals surface area contributed by atoms with Crippen LogP contribution in [-0.4, -0.2) is 14.5 Å². The first-order valence-corrected chi connectivity index (χ1v) is 9.78. The number of nitrogens with zero attached hydrogens (tertiary/aromatic N) is 3. The molecule has 2 aromatic heterocycles. The van der Waals surface area contributed by atoms with Gasteiger partial charge in [0.05, 0.1) is 23.9 Å². The molecular formula is C19H16Cl2N4S. The van der Waals surface area contributed by atoms with E-state index in [0.717, 1.165) is 39.6 Å². The van der Waals surface area contributed by atoms with Crippen molar-refractivity contribution in [2.45, 2.75) is 19.5 Å². The molecule has 0 fully saturated rings. The molecule has 0 aliphatic heterocycles. The predicted octanol–water partition coefficient (Wildman–Crippen LogP) is 5.65. The number of nitrogens with one attached hydrogen (secondary N) is 1. The quantitative estimate of drug-likeness (QED) is 0.452. The Morgan fingerprint density at radius 3 is 2.65 bits per heavy atom. The number of benzene rings is 2. The van der Waals surface area contributed by atoms with Gasteiger partial charge in [-0.15, -0.1) is 11.3 Å². The van der Waals surface area contributed by atoms with Crippen LogP contribution in [0.25, 0.3) is 11.0 Å². The molecule has 2 heterocycles. The highest BCUT2D eigenvalue weighted by atomic mass is 35.5. The zero-order valence-electron chi connectivity index (χ0n) is 13.8. The van der Waals surface area contributed by atoms with Gasteiger partial charge in [-0.3, -0.25) is 0 Å². The minimum absolute atomic E-state index is 0.566. The Labute approximate surface area is 165 Å². The molecule has 0 spiro atoms. The molecule has 0 unspecified atom stereocenters. The molecule has 4 rings (SSSR count). The average molecular weight is 403 g/mol. The molecule has 132 valence electrons. The summed E-state index contributed by atoms with van der Waals surface area (Å²) in [6.07, 6.45) is 4.63. The van der Waals surface area contributed by atoms with Crippen LogP contribution in [0.1, 0.15) is 10.4 Å². The van der Waals surface area contributed by atoms with Crippen LogP contribution in [0.5, 0.6) is 0 Å². The minimum Gasteiger partial charge on any atom is -0.380 e. The second kappa shape index (κ2) is 7.66. The first kappa shape index (κ1) is 17.3. The van der Waals surface area contributed by atoms with E-state index >= 15 is 0 Å². The topological polar surface area (TPSA) is 42.7 Å². The van der Waals surface area contributed by atoms with Gasteiger partial charge in [0.25, 0.3) is 0 Å². The maximum atomic E-state index is 5.94. The predicted molar refractivity (Wildman–Crippen MR) is 109 cm³/mol. The van der Waals surface area contributed by atoms with Crippen molar-refractivity contribution in [2.75, 3.05) is 5.32 Å². The number of fused-ring (bicyclic) bond motifs is 1. The van der Waals surface area contributed by atoms with Crippen LogP contribution in [-0.2, 0) is 19.5 Å². The third kappa shape index (κ3) is 4.01. The van der Waals surface area contributed by atoms with Gasteiger partial charge in [0.1, 0.15) is 0 Å². The van der Waals surface area contributed by atoms with E-state index in [1.165, 1.54) is 16.9 Å². The van der Waals surface area contributed by atoms with E-state index in [1.54, 1.807) is 6.20 Å². The first-order chi connectivity index (χ1) is 12.7. The van der Waals surface area contributed by atoms with Crippen molar-refractivity contribution in [3.8, 4) is 0 Å². The highest BCUT2D eigenvalue weighted by Crippen LogP contribution is 2.22. The molecule has 4 nitrogen and oxygen atoms in total. The second-order valence-electron chi connectivity index (χ2n) is 5.95. The first-order valence-electron chi connectivity index (χ1n) is 8.21. The molecule has 0 saturated carbocycles. The second-order valence-corrected chi connectivity index (χ2v) is 8.08. The van der Waals surface area contributed by atoms with Gasteiger partial charge in [-0.1, -0.05) is 35.3 Å². The Balaban J connectivity index is 1.43. The Morgan fingerprint density at radius 2 is 1.88 bits per heavy atom. The summed E-state index contributed by atoms with van der Waals surface area (Å²) in [5.41, 5.74) is 4.40. The summed E-state index contributed by atoms with van der Waals surface area (Å²) in [5, 5.41) is 4.15. The summed E-state index contributed by atoms with van der Waals surface area (Å²) in [4.78, 5) is 9.69. The Bertz CT molecular complexity index is 1020. The lowest BCUT2D eigenvalue weighted by Crippen LogP contribution is -2.00. The van der Waals surface area contributed by atoms with Crippen LogP contribution in [0, 0.1) is 0 Å². The van der Waals surface area contributed by atoms with Crippen molar-refractivity contribution in [1.82, 2.24) is 14.5 Å². The molecule has 0 amide bonds. The number of rotatable bonds is 6. The lowest BCUT2D eigenvalue weighted by Gasteiger charge is -2.07. The number of aromatic nitrogens is 3. The van der Waals surface area contributed by atoms with Gasteiger partial charge in [0.2, 0.25) is 0 Å². The summed E-state index contributed by atoms with van der Waals surface area (Å²) >= 11 is 13.3. The van der Waals surface area contributed by atoms with E-state index in [2.05, 4.69) is 50.2 Å². The fourth-order valence-corrected chi connectivity index (χ4v) is 3.85. The SMILES string of the molecule is Clc1ccc(CCn2cnc3cc(NCc4cnc(Cl)s4)ccc32)cc1. The third-order valence-corrected chi connectivity index (χ3v) is 5.53. The van der Waals surface area contributed by atoms with Gasteiger partial charge in [0, 0.05) is 28.3 Å². The number of halogens is 2. The van der Waals surface area contributed by atoms with Crippen molar-refractivity contribution in [3.05, 3.63) is 74.9 Å². The minimum atomic E-state index is 0.566. The molecule has 0 bridgehead atoms. The van der Waals surface area contributed by atoms with Crippen molar-refractivity contribution in [3.63, 3.8) is 0 Å². The normalized spacial score (nSPS) is 11.2. The molecule has 0 aliphatic carbocycles. The van der Waals surface area contributed by atoms with E-state index in [-0.39, 0.29) is 0 Å². The lowest BCUT2D eigenvalue weighted by molar-refractivity contribution is 0.716. The zero-order valence-corrected chi connectivity index (χ0v) is 16.2.